The molecule has 0 radical (unpaired) electrons. The van der Waals surface area contributed by atoms with Crippen LogP contribution in [-0.2, 0) is 4.79 Å². The first kappa shape index (κ1) is 12.3. The van der Waals surface area contributed by atoms with Gasteiger partial charge in [-0.3, -0.25) is 4.79 Å². The van der Waals surface area contributed by atoms with Crippen molar-refractivity contribution in [3.63, 3.8) is 0 Å². The Morgan fingerprint density at radius 1 is 1.50 bits per heavy atom. The molecule has 0 heterocycles. The maximum absolute atomic E-state index is 13.4. The molecule has 1 amide bonds. The average Bonchev–Trinajstić information content (AvgIpc) is 2.16. The van der Waals surface area contributed by atoms with E-state index in [1.165, 1.54) is 12.1 Å². The highest BCUT2D eigenvalue weighted by molar-refractivity contribution is 5.80. The Labute approximate surface area is 93.8 Å². The normalized spacial score (nSPS) is 11.2. The van der Waals surface area contributed by atoms with Crippen molar-refractivity contribution in [1.29, 1.82) is 0 Å². The second kappa shape index (κ2) is 4.38. The maximum Gasteiger partial charge on any atom is 0.224 e. The number of hydrogen-bond acceptors (Lipinski definition) is 3. The lowest BCUT2D eigenvalue weighted by atomic mass is 9.92. The SMILES string of the molecule is CC(C)(CNc1ccc(N)cc1F)C(N)=O. The van der Waals surface area contributed by atoms with Crippen LogP contribution >= 0.6 is 0 Å². The lowest BCUT2D eigenvalue weighted by molar-refractivity contribution is -0.125. The van der Waals surface area contributed by atoms with Gasteiger partial charge in [0, 0.05) is 12.2 Å². The summed E-state index contributed by atoms with van der Waals surface area (Å²) in [6.07, 6.45) is 0. The highest BCUT2D eigenvalue weighted by Gasteiger charge is 2.24. The van der Waals surface area contributed by atoms with Crippen molar-refractivity contribution in [1.82, 2.24) is 0 Å². The molecule has 0 aliphatic rings. The standard InChI is InChI=1S/C11H16FN3O/c1-11(2,10(14)16)6-15-9-4-3-7(13)5-8(9)12/h3-5,15H,6,13H2,1-2H3,(H2,14,16). The van der Waals surface area contributed by atoms with E-state index in [0.717, 1.165) is 0 Å². The van der Waals surface area contributed by atoms with Gasteiger partial charge in [0.15, 0.2) is 0 Å². The van der Waals surface area contributed by atoms with Crippen LogP contribution in [-0.4, -0.2) is 12.5 Å². The van der Waals surface area contributed by atoms with Gasteiger partial charge in [-0.1, -0.05) is 0 Å². The van der Waals surface area contributed by atoms with Crippen molar-refractivity contribution in [3.8, 4) is 0 Å². The molecule has 5 N–H and O–H groups in total. The lowest BCUT2D eigenvalue weighted by Gasteiger charge is -2.21. The smallest absolute Gasteiger partial charge is 0.224 e. The van der Waals surface area contributed by atoms with Crippen molar-refractivity contribution in [2.45, 2.75) is 13.8 Å². The van der Waals surface area contributed by atoms with Gasteiger partial charge in [-0.2, -0.15) is 0 Å². The number of rotatable bonds is 4. The summed E-state index contributed by atoms with van der Waals surface area (Å²) in [5.41, 5.74) is 10.6. The van der Waals surface area contributed by atoms with Crippen molar-refractivity contribution in [3.05, 3.63) is 24.0 Å². The molecule has 5 heteroatoms. The highest BCUT2D eigenvalue weighted by atomic mass is 19.1. The molecule has 88 valence electrons. The Morgan fingerprint density at radius 2 is 2.12 bits per heavy atom. The van der Waals surface area contributed by atoms with Gasteiger partial charge in [-0.15, -0.1) is 0 Å². The number of amides is 1. The van der Waals surface area contributed by atoms with Crippen LogP contribution in [0.3, 0.4) is 0 Å². The fourth-order valence-electron chi connectivity index (χ4n) is 1.08. The maximum atomic E-state index is 13.4. The molecule has 16 heavy (non-hydrogen) atoms. The quantitative estimate of drug-likeness (QED) is 0.676. The van der Waals surface area contributed by atoms with E-state index >= 15 is 0 Å². The number of halogens is 1. The number of carbonyl (C=O) groups excluding carboxylic acids is 1. The molecule has 0 fully saturated rings. The van der Waals surface area contributed by atoms with Gasteiger partial charge < -0.3 is 16.8 Å². The predicted octanol–water partition coefficient (Wildman–Crippen LogP) is 1.33. The van der Waals surface area contributed by atoms with E-state index in [-0.39, 0.29) is 6.54 Å². The molecule has 0 saturated carbocycles. The highest BCUT2D eigenvalue weighted by Crippen LogP contribution is 2.20. The summed E-state index contributed by atoms with van der Waals surface area (Å²) in [6, 6.07) is 4.34. The number of carbonyl (C=O) groups is 1. The van der Waals surface area contributed by atoms with Crippen LogP contribution in [0.4, 0.5) is 15.8 Å². The summed E-state index contributed by atoms with van der Waals surface area (Å²) in [6.45, 7) is 3.65. The number of hydrogen-bond donors (Lipinski definition) is 3. The van der Waals surface area contributed by atoms with Gasteiger partial charge in [0.25, 0.3) is 0 Å². The monoisotopic (exact) mass is 225 g/mol. The first-order chi connectivity index (χ1) is 7.33. The van der Waals surface area contributed by atoms with Crippen molar-refractivity contribution >= 4 is 17.3 Å². The van der Waals surface area contributed by atoms with Crippen molar-refractivity contribution < 1.29 is 9.18 Å². The van der Waals surface area contributed by atoms with E-state index in [9.17, 15) is 9.18 Å². The van der Waals surface area contributed by atoms with Crippen LogP contribution in [0, 0.1) is 11.2 Å². The third-order valence-electron chi connectivity index (χ3n) is 2.38. The van der Waals surface area contributed by atoms with Crippen LogP contribution in [0.15, 0.2) is 18.2 Å². The van der Waals surface area contributed by atoms with Crippen molar-refractivity contribution in [2.75, 3.05) is 17.6 Å². The van der Waals surface area contributed by atoms with Crippen LogP contribution < -0.4 is 16.8 Å². The van der Waals surface area contributed by atoms with Gasteiger partial charge in [-0.25, -0.2) is 4.39 Å². The Hall–Kier alpha value is -1.78. The van der Waals surface area contributed by atoms with Gasteiger partial charge in [0.05, 0.1) is 11.1 Å². The predicted molar refractivity (Wildman–Crippen MR) is 62.3 cm³/mol. The summed E-state index contributed by atoms with van der Waals surface area (Å²) in [7, 11) is 0. The number of nitrogens with two attached hydrogens (primary N) is 2. The molecule has 0 bridgehead atoms. The average molecular weight is 225 g/mol. The molecule has 0 aliphatic heterocycles. The largest absolute Gasteiger partial charge is 0.399 e. The molecule has 0 saturated heterocycles. The van der Waals surface area contributed by atoms with Gasteiger partial charge in [-0.05, 0) is 32.0 Å². The van der Waals surface area contributed by atoms with E-state index in [0.29, 0.717) is 11.4 Å². The number of nitrogen functional groups attached to an aromatic ring is 1. The minimum absolute atomic E-state index is 0.267. The Morgan fingerprint density at radius 3 is 2.62 bits per heavy atom. The molecular weight excluding hydrogens is 209 g/mol. The zero-order valence-corrected chi connectivity index (χ0v) is 9.38. The van der Waals surface area contributed by atoms with Crippen molar-refractivity contribution in [2.24, 2.45) is 11.1 Å². The topological polar surface area (TPSA) is 81.1 Å². The van der Waals surface area contributed by atoms with Crippen LogP contribution in [0.1, 0.15) is 13.8 Å². The van der Waals surface area contributed by atoms with E-state index in [2.05, 4.69) is 5.32 Å². The third kappa shape index (κ3) is 2.85. The Kier molecular flexibility index (Phi) is 3.37. The minimum Gasteiger partial charge on any atom is -0.399 e. The number of benzene rings is 1. The first-order valence-corrected chi connectivity index (χ1v) is 4.92. The second-order valence-electron chi connectivity index (χ2n) is 4.34. The van der Waals surface area contributed by atoms with Gasteiger partial charge >= 0.3 is 0 Å². The van der Waals surface area contributed by atoms with Crippen LogP contribution in [0.5, 0.6) is 0 Å². The van der Waals surface area contributed by atoms with E-state index in [1.807, 2.05) is 0 Å². The Balaban J connectivity index is 2.72. The minimum atomic E-state index is -0.728. The summed E-state index contributed by atoms with van der Waals surface area (Å²) in [5.74, 6) is -0.879. The summed E-state index contributed by atoms with van der Waals surface area (Å²) in [4.78, 5) is 11.0. The molecule has 0 unspecified atom stereocenters. The fraction of sp³-hybridized carbons (Fsp3) is 0.364. The zero-order chi connectivity index (χ0) is 12.3. The number of anilines is 2. The second-order valence-corrected chi connectivity index (χ2v) is 4.34. The van der Waals surface area contributed by atoms with Crippen LogP contribution in [0.25, 0.3) is 0 Å². The van der Waals surface area contributed by atoms with Crippen LogP contribution in [0.2, 0.25) is 0 Å². The molecule has 0 atom stereocenters. The molecule has 1 aromatic rings. The number of nitrogens with one attached hydrogen (secondary N) is 1. The molecule has 0 spiro atoms. The summed E-state index contributed by atoms with van der Waals surface area (Å²) < 4.78 is 13.4. The summed E-state index contributed by atoms with van der Waals surface area (Å²) >= 11 is 0. The molecular formula is C11H16FN3O. The summed E-state index contributed by atoms with van der Waals surface area (Å²) in [5, 5.41) is 2.83. The molecule has 1 rings (SSSR count). The van der Waals surface area contributed by atoms with E-state index in [1.54, 1.807) is 19.9 Å². The third-order valence-corrected chi connectivity index (χ3v) is 2.38. The molecule has 0 aliphatic carbocycles. The van der Waals surface area contributed by atoms with E-state index < -0.39 is 17.1 Å². The molecule has 4 nitrogen and oxygen atoms in total. The van der Waals surface area contributed by atoms with Gasteiger partial charge in [0.2, 0.25) is 5.91 Å². The first-order valence-electron chi connectivity index (χ1n) is 4.92. The fourth-order valence-corrected chi connectivity index (χ4v) is 1.08. The molecule has 0 aromatic heterocycles. The lowest BCUT2D eigenvalue weighted by Crippen LogP contribution is -2.37. The number of primary amides is 1. The zero-order valence-electron chi connectivity index (χ0n) is 9.38. The Bertz CT molecular complexity index is 404. The molecule has 1 aromatic carbocycles. The van der Waals surface area contributed by atoms with Gasteiger partial charge in [0.1, 0.15) is 5.82 Å². The van der Waals surface area contributed by atoms with E-state index in [4.69, 9.17) is 11.5 Å².